The van der Waals surface area contributed by atoms with Gasteiger partial charge in [0.25, 0.3) is 5.69 Å². The number of rotatable bonds is 6. The fraction of sp³-hybridized carbons (Fsp3) is 0.647. The van der Waals surface area contributed by atoms with E-state index in [1.807, 2.05) is 0 Å². The van der Waals surface area contributed by atoms with Crippen LogP contribution >= 0.6 is 0 Å². The lowest BCUT2D eigenvalue weighted by Crippen LogP contribution is -2.32. The molecule has 4 rings (SSSR count). The molecular formula is C17H22N2O5. The molecule has 1 aromatic carbocycles. The molecule has 1 aromatic rings. The Morgan fingerprint density at radius 3 is 2.83 bits per heavy atom. The van der Waals surface area contributed by atoms with Gasteiger partial charge >= 0.3 is 0 Å². The summed E-state index contributed by atoms with van der Waals surface area (Å²) in [5, 5.41) is 11.2. The third kappa shape index (κ3) is 3.38. The summed E-state index contributed by atoms with van der Waals surface area (Å²) in [5.74, 6) is 1.32. The lowest BCUT2D eigenvalue weighted by Gasteiger charge is -2.27. The standard InChI is InChI=1S/C17H22N2O5/c20-19(21)16-5-13(17-14(6-16)10-23-11-24-17)8-18(15-1-2-15)7-12-3-4-22-9-12/h5-6,12,15H,1-4,7-11H2. The lowest BCUT2D eigenvalue weighted by atomic mass is 10.0. The van der Waals surface area contributed by atoms with Crippen molar-refractivity contribution in [1.29, 1.82) is 0 Å². The third-order valence-electron chi connectivity index (χ3n) is 4.94. The summed E-state index contributed by atoms with van der Waals surface area (Å²) in [6.45, 7) is 3.90. The van der Waals surface area contributed by atoms with Crippen molar-refractivity contribution in [2.24, 2.45) is 5.92 Å². The molecule has 0 amide bonds. The minimum absolute atomic E-state index is 0.109. The molecule has 1 atom stereocenters. The average Bonchev–Trinajstić information content (AvgIpc) is 3.31. The molecule has 0 spiro atoms. The van der Waals surface area contributed by atoms with Gasteiger partial charge in [0.1, 0.15) is 5.75 Å². The second kappa shape index (κ2) is 6.66. The Morgan fingerprint density at radius 2 is 2.12 bits per heavy atom. The van der Waals surface area contributed by atoms with Gasteiger partial charge in [0.05, 0.1) is 18.1 Å². The van der Waals surface area contributed by atoms with Crippen LogP contribution in [0.15, 0.2) is 12.1 Å². The second-order valence-electron chi connectivity index (χ2n) is 6.85. The molecular weight excluding hydrogens is 312 g/mol. The van der Waals surface area contributed by atoms with E-state index in [0.29, 0.717) is 25.1 Å². The van der Waals surface area contributed by atoms with Gasteiger partial charge in [-0.05, 0) is 25.2 Å². The molecule has 130 valence electrons. The molecule has 24 heavy (non-hydrogen) atoms. The van der Waals surface area contributed by atoms with Gasteiger partial charge in [0.15, 0.2) is 6.79 Å². The maximum absolute atomic E-state index is 11.2. The SMILES string of the molecule is O=[N+]([O-])c1cc2c(c(CN(CC3CCOC3)C3CC3)c1)OCOC2. The Morgan fingerprint density at radius 1 is 1.25 bits per heavy atom. The fourth-order valence-corrected chi connectivity index (χ4v) is 3.56. The van der Waals surface area contributed by atoms with Crippen LogP contribution in [0.25, 0.3) is 0 Å². The topological polar surface area (TPSA) is 74.1 Å². The molecule has 0 aromatic heterocycles. The molecule has 1 saturated carbocycles. The molecule has 0 N–H and O–H groups in total. The average molecular weight is 334 g/mol. The van der Waals surface area contributed by atoms with Crippen LogP contribution in [0.2, 0.25) is 0 Å². The third-order valence-corrected chi connectivity index (χ3v) is 4.94. The van der Waals surface area contributed by atoms with E-state index in [-0.39, 0.29) is 17.4 Å². The lowest BCUT2D eigenvalue weighted by molar-refractivity contribution is -0.385. The van der Waals surface area contributed by atoms with Gasteiger partial charge < -0.3 is 14.2 Å². The first-order chi connectivity index (χ1) is 11.7. The van der Waals surface area contributed by atoms with Crippen LogP contribution in [-0.4, -0.2) is 42.4 Å². The van der Waals surface area contributed by atoms with E-state index in [9.17, 15) is 10.1 Å². The van der Waals surface area contributed by atoms with Gasteiger partial charge in [0, 0.05) is 49.0 Å². The van der Waals surface area contributed by atoms with E-state index in [2.05, 4.69) is 4.90 Å². The Labute approximate surface area is 140 Å². The van der Waals surface area contributed by atoms with Crippen molar-refractivity contribution >= 4 is 5.69 Å². The van der Waals surface area contributed by atoms with Gasteiger partial charge in [-0.15, -0.1) is 0 Å². The number of non-ortho nitro benzene ring substituents is 1. The summed E-state index contributed by atoms with van der Waals surface area (Å²) >= 11 is 0. The molecule has 2 fully saturated rings. The van der Waals surface area contributed by atoms with Gasteiger partial charge in [0.2, 0.25) is 0 Å². The van der Waals surface area contributed by atoms with Crippen molar-refractivity contribution in [2.75, 3.05) is 26.6 Å². The highest BCUT2D eigenvalue weighted by Gasteiger charge is 2.33. The molecule has 2 aliphatic heterocycles. The Hall–Kier alpha value is -1.70. The van der Waals surface area contributed by atoms with Crippen LogP contribution < -0.4 is 4.74 Å². The molecule has 7 nitrogen and oxygen atoms in total. The number of fused-ring (bicyclic) bond motifs is 1. The number of nitro groups is 1. The highest BCUT2D eigenvalue weighted by atomic mass is 16.7. The zero-order valence-electron chi connectivity index (χ0n) is 13.6. The minimum Gasteiger partial charge on any atom is -0.467 e. The highest BCUT2D eigenvalue weighted by Crippen LogP contribution is 2.36. The number of nitrogens with zero attached hydrogens (tertiary/aromatic N) is 2. The minimum atomic E-state index is -0.343. The van der Waals surface area contributed by atoms with Crippen molar-refractivity contribution in [2.45, 2.75) is 38.5 Å². The molecule has 0 bridgehead atoms. The zero-order valence-corrected chi connectivity index (χ0v) is 13.6. The normalized spacial score (nSPS) is 23.1. The first-order valence-electron chi connectivity index (χ1n) is 8.53. The summed E-state index contributed by atoms with van der Waals surface area (Å²) in [6, 6.07) is 3.80. The van der Waals surface area contributed by atoms with E-state index in [0.717, 1.165) is 43.1 Å². The summed E-state index contributed by atoms with van der Waals surface area (Å²) in [5.41, 5.74) is 1.77. The smallest absolute Gasteiger partial charge is 0.270 e. The first kappa shape index (κ1) is 15.8. The van der Waals surface area contributed by atoms with Crippen molar-refractivity contribution < 1.29 is 19.1 Å². The predicted octanol–water partition coefficient (Wildman–Crippen LogP) is 2.46. The summed E-state index contributed by atoms with van der Waals surface area (Å²) in [6.07, 6.45) is 3.50. The van der Waals surface area contributed by atoms with Gasteiger partial charge in [-0.25, -0.2) is 0 Å². The largest absolute Gasteiger partial charge is 0.467 e. The first-order valence-corrected chi connectivity index (χ1v) is 8.53. The summed E-state index contributed by atoms with van der Waals surface area (Å²) in [7, 11) is 0. The number of hydrogen-bond donors (Lipinski definition) is 0. The van der Waals surface area contributed by atoms with Crippen LogP contribution in [-0.2, 0) is 22.6 Å². The van der Waals surface area contributed by atoms with Crippen molar-refractivity contribution in [3.63, 3.8) is 0 Å². The number of nitro benzene ring substituents is 1. The van der Waals surface area contributed by atoms with Crippen LogP contribution in [0.4, 0.5) is 5.69 Å². The molecule has 2 heterocycles. The molecule has 0 radical (unpaired) electrons. The van der Waals surface area contributed by atoms with Crippen LogP contribution in [0.3, 0.4) is 0 Å². The molecule has 1 saturated heterocycles. The van der Waals surface area contributed by atoms with E-state index in [1.165, 1.54) is 12.8 Å². The monoisotopic (exact) mass is 334 g/mol. The van der Waals surface area contributed by atoms with Crippen LogP contribution in [0.1, 0.15) is 30.4 Å². The summed E-state index contributed by atoms with van der Waals surface area (Å²) < 4.78 is 16.4. The van der Waals surface area contributed by atoms with Gasteiger partial charge in [-0.1, -0.05) is 0 Å². The number of ether oxygens (including phenoxy) is 3. The highest BCUT2D eigenvalue weighted by molar-refractivity contribution is 5.50. The maximum Gasteiger partial charge on any atom is 0.270 e. The van der Waals surface area contributed by atoms with Gasteiger partial charge in [-0.2, -0.15) is 0 Å². The van der Waals surface area contributed by atoms with E-state index >= 15 is 0 Å². The number of hydrogen-bond acceptors (Lipinski definition) is 6. The van der Waals surface area contributed by atoms with Crippen LogP contribution in [0, 0.1) is 16.0 Å². The van der Waals surface area contributed by atoms with E-state index in [4.69, 9.17) is 14.2 Å². The molecule has 3 aliphatic rings. The molecule has 7 heteroatoms. The van der Waals surface area contributed by atoms with Crippen LogP contribution in [0.5, 0.6) is 5.75 Å². The van der Waals surface area contributed by atoms with Gasteiger partial charge in [-0.3, -0.25) is 15.0 Å². The quantitative estimate of drug-likeness (QED) is 0.588. The van der Waals surface area contributed by atoms with E-state index in [1.54, 1.807) is 12.1 Å². The molecule has 1 aliphatic carbocycles. The summed E-state index contributed by atoms with van der Waals surface area (Å²) in [4.78, 5) is 13.3. The fourth-order valence-electron chi connectivity index (χ4n) is 3.56. The second-order valence-corrected chi connectivity index (χ2v) is 6.85. The zero-order chi connectivity index (χ0) is 16.5. The molecule has 1 unspecified atom stereocenters. The Balaban J connectivity index is 1.58. The van der Waals surface area contributed by atoms with E-state index < -0.39 is 0 Å². The maximum atomic E-state index is 11.2. The van der Waals surface area contributed by atoms with Crippen molar-refractivity contribution in [1.82, 2.24) is 4.90 Å². The van der Waals surface area contributed by atoms with Crippen molar-refractivity contribution in [3.8, 4) is 5.75 Å². The Bertz CT molecular complexity index is 626. The number of benzene rings is 1. The predicted molar refractivity (Wildman–Crippen MR) is 85.7 cm³/mol. The van der Waals surface area contributed by atoms with Crippen molar-refractivity contribution in [3.05, 3.63) is 33.4 Å². The Kier molecular flexibility index (Phi) is 4.39.